The number of methoxy groups -OCH3 is 1. The highest BCUT2D eigenvalue weighted by atomic mass is 16.5. The van der Waals surface area contributed by atoms with Crippen molar-refractivity contribution in [1.29, 1.82) is 0 Å². The molecule has 4 nitrogen and oxygen atoms in total. The van der Waals surface area contributed by atoms with Crippen molar-refractivity contribution >= 4 is 5.82 Å². The lowest BCUT2D eigenvalue weighted by atomic mass is 9.79. The van der Waals surface area contributed by atoms with Crippen molar-refractivity contribution in [2.45, 2.75) is 58.5 Å². The Hall–Kier alpha value is -1.16. The number of ether oxygens (including phenoxy) is 1. The molecule has 19 heavy (non-hydrogen) atoms. The van der Waals surface area contributed by atoms with E-state index in [0.29, 0.717) is 0 Å². The summed E-state index contributed by atoms with van der Waals surface area (Å²) in [4.78, 5) is 9.46. The van der Waals surface area contributed by atoms with Crippen LogP contribution < -0.4 is 5.32 Å². The van der Waals surface area contributed by atoms with Gasteiger partial charge in [-0.1, -0.05) is 13.8 Å². The topological polar surface area (TPSA) is 47.0 Å². The maximum absolute atomic E-state index is 5.70. The molecule has 1 aliphatic carbocycles. The molecule has 0 saturated heterocycles. The van der Waals surface area contributed by atoms with Crippen molar-refractivity contribution in [3.05, 3.63) is 17.1 Å². The number of rotatable bonds is 6. The minimum absolute atomic E-state index is 0.236. The highest BCUT2D eigenvalue weighted by Crippen LogP contribution is 2.43. The fourth-order valence-corrected chi connectivity index (χ4v) is 2.63. The summed E-state index contributed by atoms with van der Waals surface area (Å²) < 4.78 is 5.70. The van der Waals surface area contributed by atoms with Crippen LogP contribution in [-0.2, 0) is 16.8 Å². The Balaban J connectivity index is 2.38. The number of hydrogen-bond donors (Lipinski definition) is 1. The minimum Gasteiger partial charge on any atom is -0.370 e. The van der Waals surface area contributed by atoms with Gasteiger partial charge in [-0.2, -0.15) is 0 Å². The second-order valence-electron chi connectivity index (χ2n) is 5.29. The Morgan fingerprint density at radius 2 is 2.00 bits per heavy atom. The second kappa shape index (κ2) is 5.87. The van der Waals surface area contributed by atoms with Crippen molar-refractivity contribution in [1.82, 2.24) is 9.97 Å². The lowest BCUT2D eigenvalue weighted by Crippen LogP contribution is -2.38. The number of hydrogen-bond acceptors (Lipinski definition) is 4. The van der Waals surface area contributed by atoms with E-state index in [1.807, 2.05) is 0 Å². The molecule has 0 radical (unpaired) electrons. The van der Waals surface area contributed by atoms with Gasteiger partial charge in [0, 0.05) is 24.9 Å². The Bertz CT molecular complexity index is 436. The van der Waals surface area contributed by atoms with Crippen molar-refractivity contribution < 1.29 is 4.74 Å². The number of aromatic nitrogens is 2. The first-order valence-corrected chi connectivity index (χ1v) is 7.34. The highest BCUT2D eigenvalue weighted by Gasteiger charge is 2.42. The van der Waals surface area contributed by atoms with Gasteiger partial charge < -0.3 is 10.1 Å². The molecule has 0 spiro atoms. The molecule has 1 fully saturated rings. The summed E-state index contributed by atoms with van der Waals surface area (Å²) in [6, 6.07) is 0. The molecule has 0 atom stereocenters. The molecule has 0 aromatic carbocycles. The summed E-state index contributed by atoms with van der Waals surface area (Å²) in [5, 5.41) is 3.43. The number of nitrogens with one attached hydrogen (secondary N) is 1. The van der Waals surface area contributed by atoms with Crippen LogP contribution in [0.2, 0.25) is 0 Å². The average Bonchev–Trinajstić information content (AvgIpc) is 2.35. The second-order valence-corrected chi connectivity index (χ2v) is 5.29. The Kier molecular flexibility index (Phi) is 4.40. The Labute approximate surface area is 116 Å². The van der Waals surface area contributed by atoms with Crippen molar-refractivity contribution in [2.75, 3.05) is 19.0 Å². The van der Waals surface area contributed by atoms with Crippen molar-refractivity contribution in [3.8, 4) is 0 Å². The van der Waals surface area contributed by atoms with E-state index >= 15 is 0 Å². The maximum Gasteiger partial charge on any atom is 0.162 e. The van der Waals surface area contributed by atoms with Crippen LogP contribution in [0.3, 0.4) is 0 Å². The number of anilines is 1. The van der Waals surface area contributed by atoms with Crippen molar-refractivity contribution in [2.24, 2.45) is 0 Å². The summed E-state index contributed by atoms with van der Waals surface area (Å²) in [5.74, 6) is 1.85. The first-order valence-electron chi connectivity index (χ1n) is 7.34. The molecule has 2 rings (SSSR count). The molecule has 1 aromatic rings. The third-order valence-corrected chi connectivity index (χ3v) is 4.07. The van der Waals surface area contributed by atoms with Gasteiger partial charge in [-0.05, 0) is 39.0 Å². The number of aryl methyl sites for hydroxylation is 1. The summed E-state index contributed by atoms with van der Waals surface area (Å²) >= 11 is 0. The quantitative estimate of drug-likeness (QED) is 0.856. The van der Waals surface area contributed by atoms with Gasteiger partial charge in [0.1, 0.15) is 11.4 Å². The smallest absolute Gasteiger partial charge is 0.162 e. The summed E-state index contributed by atoms with van der Waals surface area (Å²) in [5.41, 5.74) is 2.07. The standard InChI is InChI=1S/C15H25N3O/c1-5-10-16-13-12(6-2)11(3)17-14(18-13)15(19-4)8-7-9-15/h5-10H2,1-4H3,(H,16,17,18). The number of nitrogens with zero attached hydrogens (tertiary/aromatic N) is 2. The molecule has 1 aliphatic rings. The van der Waals surface area contributed by atoms with Crippen LogP contribution in [0.5, 0.6) is 0 Å². The molecule has 0 aliphatic heterocycles. The summed E-state index contributed by atoms with van der Waals surface area (Å²) in [6.45, 7) is 7.33. The van der Waals surface area contributed by atoms with E-state index in [1.165, 1.54) is 12.0 Å². The van der Waals surface area contributed by atoms with E-state index < -0.39 is 0 Å². The van der Waals surface area contributed by atoms with Crippen molar-refractivity contribution in [3.63, 3.8) is 0 Å². The van der Waals surface area contributed by atoms with Crippen LogP contribution in [0.25, 0.3) is 0 Å². The van der Waals surface area contributed by atoms with Gasteiger partial charge in [-0.25, -0.2) is 9.97 Å². The molecule has 1 heterocycles. The van der Waals surface area contributed by atoms with Crippen LogP contribution in [0.15, 0.2) is 0 Å². The largest absolute Gasteiger partial charge is 0.370 e. The van der Waals surface area contributed by atoms with Gasteiger partial charge >= 0.3 is 0 Å². The Morgan fingerprint density at radius 3 is 2.47 bits per heavy atom. The van der Waals surface area contributed by atoms with Gasteiger partial charge in [0.2, 0.25) is 0 Å². The lowest BCUT2D eigenvalue weighted by Gasteiger charge is -2.39. The van der Waals surface area contributed by atoms with Gasteiger partial charge in [0.05, 0.1) is 0 Å². The van der Waals surface area contributed by atoms with E-state index in [2.05, 4.69) is 26.1 Å². The fourth-order valence-electron chi connectivity index (χ4n) is 2.63. The van der Waals surface area contributed by atoms with E-state index in [9.17, 15) is 0 Å². The lowest BCUT2D eigenvalue weighted by molar-refractivity contribution is -0.0846. The van der Waals surface area contributed by atoms with E-state index in [0.717, 1.165) is 49.6 Å². The molecule has 106 valence electrons. The molecule has 1 aromatic heterocycles. The zero-order chi connectivity index (χ0) is 13.9. The average molecular weight is 263 g/mol. The molecule has 1 saturated carbocycles. The molecule has 0 bridgehead atoms. The SMILES string of the molecule is CCCNc1nc(C2(OC)CCC2)nc(C)c1CC. The van der Waals surface area contributed by atoms with Crippen LogP contribution >= 0.6 is 0 Å². The normalized spacial score (nSPS) is 17.1. The first kappa shape index (κ1) is 14.3. The van der Waals surface area contributed by atoms with Gasteiger partial charge in [-0.15, -0.1) is 0 Å². The fraction of sp³-hybridized carbons (Fsp3) is 0.733. The van der Waals surface area contributed by atoms with Gasteiger partial charge in [0.25, 0.3) is 0 Å². The zero-order valence-corrected chi connectivity index (χ0v) is 12.5. The van der Waals surface area contributed by atoms with Crippen LogP contribution in [0.1, 0.15) is 56.6 Å². The third-order valence-electron chi connectivity index (χ3n) is 4.07. The van der Waals surface area contributed by atoms with E-state index in [-0.39, 0.29) is 5.60 Å². The predicted octanol–water partition coefficient (Wildman–Crippen LogP) is 3.19. The molecular weight excluding hydrogens is 238 g/mol. The molecule has 1 N–H and O–H groups in total. The Morgan fingerprint density at radius 1 is 1.26 bits per heavy atom. The van der Waals surface area contributed by atoms with E-state index in [1.54, 1.807) is 7.11 Å². The predicted molar refractivity (Wildman–Crippen MR) is 77.5 cm³/mol. The minimum atomic E-state index is -0.236. The monoisotopic (exact) mass is 263 g/mol. The molecular formula is C15H25N3O. The molecule has 0 amide bonds. The van der Waals surface area contributed by atoms with Crippen LogP contribution in [0.4, 0.5) is 5.82 Å². The maximum atomic E-state index is 5.70. The summed E-state index contributed by atoms with van der Waals surface area (Å²) in [7, 11) is 1.77. The van der Waals surface area contributed by atoms with Crippen LogP contribution in [-0.4, -0.2) is 23.6 Å². The van der Waals surface area contributed by atoms with E-state index in [4.69, 9.17) is 14.7 Å². The van der Waals surface area contributed by atoms with Gasteiger partial charge in [-0.3, -0.25) is 0 Å². The summed E-state index contributed by atoms with van der Waals surface area (Å²) in [6.07, 6.45) is 5.31. The molecule has 4 heteroatoms. The zero-order valence-electron chi connectivity index (χ0n) is 12.5. The highest BCUT2D eigenvalue weighted by molar-refractivity contribution is 5.47. The molecule has 0 unspecified atom stereocenters. The van der Waals surface area contributed by atoms with Crippen LogP contribution in [0, 0.1) is 6.92 Å². The van der Waals surface area contributed by atoms with Gasteiger partial charge in [0.15, 0.2) is 5.82 Å². The third kappa shape index (κ3) is 2.59. The first-order chi connectivity index (χ1) is 9.16.